The molecule has 2 amide bonds. The summed E-state index contributed by atoms with van der Waals surface area (Å²) in [5.74, 6) is 1.51. The summed E-state index contributed by atoms with van der Waals surface area (Å²) in [6, 6.07) is 10.9. The van der Waals surface area contributed by atoms with Gasteiger partial charge in [-0.15, -0.1) is 0 Å². The Morgan fingerprint density at radius 2 is 1.65 bits per heavy atom. The standard InChI is InChI=1S/C18H23N3O2/c1-11(2)20-18(22)21-15-5-7-16(8-6-15)23-17-12(3)9-14(19)10-13(17)4/h5-11H,19H2,1-4H3,(H2,20,21,22). The average molecular weight is 313 g/mol. The number of nitrogens with one attached hydrogen (secondary N) is 2. The highest BCUT2D eigenvalue weighted by Crippen LogP contribution is 2.31. The summed E-state index contributed by atoms with van der Waals surface area (Å²) >= 11 is 0. The number of nitrogens with two attached hydrogens (primary N) is 1. The topological polar surface area (TPSA) is 76.4 Å². The van der Waals surface area contributed by atoms with Crippen LogP contribution in [0.15, 0.2) is 36.4 Å². The van der Waals surface area contributed by atoms with E-state index >= 15 is 0 Å². The van der Waals surface area contributed by atoms with E-state index < -0.39 is 0 Å². The van der Waals surface area contributed by atoms with E-state index in [-0.39, 0.29) is 12.1 Å². The van der Waals surface area contributed by atoms with Gasteiger partial charge in [0.15, 0.2) is 0 Å². The van der Waals surface area contributed by atoms with E-state index in [9.17, 15) is 4.79 Å². The first kappa shape index (κ1) is 16.7. The molecule has 0 aromatic heterocycles. The molecule has 2 aromatic carbocycles. The summed E-state index contributed by atoms with van der Waals surface area (Å²) in [6.45, 7) is 7.75. The van der Waals surface area contributed by atoms with E-state index in [4.69, 9.17) is 10.5 Å². The Hall–Kier alpha value is -2.69. The number of urea groups is 1. The first-order valence-electron chi connectivity index (χ1n) is 7.57. The predicted octanol–water partition coefficient (Wildman–Crippen LogP) is 4.21. The van der Waals surface area contributed by atoms with Crippen molar-refractivity contribution in [2.45, 2.75) is 33.7 Å². The minimum atomic E-state index is -0.223. The summed E-state index contributed by atoms with van der Waals surface area (Å²) in [6.07, 6.45) is 0. The molecule has 4 N–H and O–H groups in total. The van der Waals surface area contributed by atoms with Crippen LogP contribution in [0.25, 0.3) is 0 Å². The highest BCUT2D eigenvalue weighted by Gasteiger charge is 2.08. The van der Waals surface area contributed by atoms with E-state index in [1.165, 1.54) is 0 Å². The molecule has 0 unspecified atom stereocenters. The van der Waals surface area contributed by atoms with Crippen molar-refractivity contribution in [1.29, 1.82) is 0 Å². The van der Waals surface area contributed by atoms with Crippen molar-refractivity contribution in [2.24, 2.45) is 0 Å². The summed E-state index contributed by atoms with van der Waals surface area (Å²) < 4.78 is 5.94. The van der Waals surface area contributed by atoms with Gasteiger partial charge in [0.2, 0.25) is 0 Å². The maximum Gasteiger partial charge on any atom is 0.319 e. The second kappa shape index (κ2) is 7.05. The van der Waals surface area contributed by atoms with Crippen LogP contribution in [0.5, 0.6) is 11.5 Å². The number of rotatable bonds is 4. The van der Waals surface area contributed by atoms with Crippen molar-refractivity contribution in [3.63, 3.8) is 0 Å². The van der Waals surface area contributed by atoms with Crippen LogP contribution in [0.2, 0.25) is 0 Å². The number of anilines is 2. The summed E-state index contributed by atoms with van der Waals surface area (Å²) in [5, 5.41) is 5.55. The third-order valence-electron chi connectivity index (χ3n) is 3.23. The molecule has 0 radical (unpaired) electrons. The lowest BCUT2D eigenvalue weighted by Gasteiger charge is -2.14. The number of benzene rings is 2. The van der Waals surface area contributed by atoms with Gasteiger partial charge in [0.05, 0.1) is 0 Å². The molecule has 122 valence electrons. The van der Waals surface area contributed by atoms with Crippen LogP contribution in [0.1, 0.15) is 25.0 Å². The number of nitrogen functional groups attached to an aromatic ring is 1. The fourth-order valence-electron chi connectivity index (χ4n) is 2.30. The van der Waals surface area contributed by atoms with Gasteiger partial charge in [0.25, 0.3) is 0 Å². The van der Waals surface area contributed by atoms with E-state index in [0.717, 1.165) is 22.6 Å². The third-order valence-corrected chi connectivity index (χ3v) is 3.23. The molecule has 0 bridgehead atoms. The molecule has 0 aliphatic carbocycles. The smallest absolute Gasteiger partial charge is 0.319 e. The lowest BCUT2D eigenvalue weighted by Crippen LogP contribution is -2.34. The zero-order chi connectivity index (χ0) is 17.0. The molecule has 0 fully saturated rings. The number of hydrogen-bond donors (Lipinski definition) is 3. The van der Waals surface area contributed by atoms with E-state index in [2.05, 4.69) is 10.6 Å². The number of hydrogen-bond acceptors (Lipinski definition) is 3. The minimum Gasteiger partial charge on any atom is -0.457 e. The quantitative estimate of drug-likeness (QED) is 0.740. The summed E-state index contributed by atoms with van der Waals surface area (Å²) in [5.41, 5.74) is 9.23. The van der Waals surface area contributed by atoms with Gasteiger partial charge in [0.1, 0.15) is 11.5 Å². The zero-order valence-corrected chi connectivity index (χ0v) is 13.9. The molecule has 0 atom stereocenters. The van der Waals surface area contributed by atoms with Crippen LogP contribution in [0.3, 0.4) is 0 Å². The van der Waals surface area contributed by atoms with Gasteiger partial charge in [-0.05, 0) is 75.2 Å². The highest BCUT2D eigenvalue weighted by molar-refractivity contribution is 5.89. The van der Waals surface area contributed by atoms with Crippen LogP contribution in [-0.2, 0) is 0 Å². The van der Waals surface area contributed by atoms with Crippen LogP contribution in [0, 0.1) is 13.8 Å². The van der Waals surface area contributed by atoms with Gasteiger partial charge in [0, 0.05) is 17.4 Å². The van der Waals surface area contributed by atoms with E-state index in [1.807, 2.05) is 52.0 Å². The lowest BCUT2D eigenvalue weighted by molar-refractivity contribution is 0.250. The van der Waals surface area contributed by atoms with Gasteiger partial charge in [-0.1, -0.05) is 0 Å². The molecule has 23 heavy (non-hydrogen) atoms. The SMILES string of the molecule is Cc1cc(N)cc(C)c1Oc1ccc(NC(=O)NC(C)C)cc1. The number of carbonyl (C=O) groups excluding carboxylic acids is 1. The molecule has 0 saturated heterocycles. The molecule has 0 aliphatic rings. The summed E-state index contributed by atoms with van der Waals surface area (Å²) in [7, 11) is 0. The number of amides is 2. The molecule has 5 nitrogen and oxygen atoms in total. The van der Waals surface area contributed by atoms with Gasteiger partial charge in [-0.25, -0.2) is 4.79 Å². The van der Waals surface area contributed by atoms with E-state index in [0.29, 0.717) is 11.4 Å². The Balaban J connectivity index is 2.07. The first-order valence-corrected chi connectivity index (χ1v) is 7.57. The fourth-order valence-corrected chi connectivity index (χ4v) is 2.30. The van der Waals surface area contributed by atoms with Gasteiger partial charge >= 0.3 is 6.03 Å². The Morgan fingerprint density at radius 1 is 1.09 bits per heavy atom. The van der Waals surface area contributed by atoms with Gasteiger partial charge < -0.3 is 21.1 Å². The van der Waals surface area contributed by atoms with Crippen molar-refractivity contribution in [2.75, 3.05) is 11.1 Å². The van der Waals surface area contributed by atoms with Crippen LogP contribution in [0.4, 0.5) is 16.2 Å². The fraction of sp³-hybridized carbons (Fsp3) is 0.278. The van der Waals surface area contributed by atoms with Gasteiger partial charge in [-0.3, -0.25) is 0 Å². The molecule has 2 aromatic rings. The maximum absolute atomic E-state index is 11.7. The largest absolute Gasteiger partial charge is 0.457 e. The number of aryl methyl sites for hydroxylation is 2. The molecule has 0 spiro atoms. The van der Waals surface area contributed by atoms with Crippen molar-refractivity contribution < 1.29 is 9.53 Å². The lowest BCUT2D eigenvalue weighted by atomic mass is 10.1. The Kier molecular flexibility index (Phi) is 5.11. The first-order chi connectivity index (χ1) is 10.8. The van der Waals surface area contributed by atoms with E-state index in [1.54, 1.807) is 12.1 Å². The number of ether oxygens (including phenoxy) is 1. The van der Waals surface area contributed by atoms with Crippen molar-refractivity contribution in [3.05, 3.63) is 47.5 Å². The average Bonchev–Trinajstić information content (AvgIpc) is 2.43. The Morgan fingerprint density at radius 3 is 2.17 bits per heavy atom. The maximum atomic E-state index is 11.7. The zero-order valence-electron chi connectivity index (χ0n) is 13.9. The van der Waals surface area contributed by atoms with Crippen molar-refractivity contribution in [1.82, 2.24) is 5.32 Å². The van der Waals surface area contributed by atoms with Crippen LogP contribution >= 0.6 is 0 Å². The molecular weight excluding hydrogens is 290 g/mol. The van der Waals surface area contributed by atoms with Crippen molar-refractivity contribution in [3.8, 4) is 11.5 Å². The monoisotopic (exact) mass is 313 g/mol. The number of carbonyl (C=O) groups is 1. The third kappa shape index (κ3) is 4.64. The molecule has 2 rings (SSSR count). The molecule has 5 heteroatoms. The normalized spacial score (nSPS) is 10.5. The predicted molar refractivity (Wildman–Crippen MR) is 94.1 cm³/mol. The molecule has 0 saturated carbocycles. The Labute approximate surface area is 136 Å². The second-order valence-corrected chi connectivity index (χ2v) is 5.86. The molecule has 0 heterocycles. The summed E-state index contributed by atoms with van der Waals surface area (Å²) in [4.78, 5) is 11.7. The van der Waals surface area contributed by atoms with Crippen molar-refractivity contribution >= 4 is 17.4 Å². The van der Waals surface area contributed by atoms with Crippen LogP contribution in [-0.4, -0.2) is 12.1 Å². The molecular formula is C18H23N3O2. The van der Waals surface area contributed by atoms with Crippen LogP contribution < -0.4 is 21.1 Å². The highest BCUT2D eigenvalue weighted by atomic mass is 16.5. The minimum absolute atomic E-state index is 0.0917. The Bertz CT molecular complexity index is 671. The van der Waals surface area contributed by atoms with Gasteiger partial charge in [-0.2, -0.15) is 0 Å². The second-order valence-electron chi connectivity index (χ2n) is 5.86. The molecule has 0 aliphatic heterocycles.